The Bertz CT molecular complexity index is 773. The first kappa shape index (κ1) is 13.7. The van der Waals surface area contributed by atoms with E-state index in [0.717, 1.165) is 16.8 Å². The van der Waals surface area contributed by atoms with Gasteiger partial charge in [-0.3, -0.25) is 9.36 Å². The predicted molar refractivity (Wildman–Crippen MR) is 85.8 cm³/mol. The van der Waals surface area contributed by atoms with Crippen LogP contribution < -0.4 is 0 Å². The topological polar surface area (TPSA) is 22.0 Å². The Morgan fingerprint density at radius 3 is 2.29 bits per heavy atom. The number of carbonyl (C=O) groups is 1. The zero-order valence-corrected chi connectivity index (χ0v) is 12.3. The molecule has 3 aromatic rings. The molecule has 1 aromatic heterocycles. The van der Waals surface area contributed by atoms with Crippen LogP contribution in [0.3, 0.4) is 0 Å². The fourth-order valence-corrected chi connectivity index (χ4v) is 2.52. The Balaban J connectivity index is 2.09. The summed E-state index contributed by atoms with van der Waals surface area (Å²) >= 11 is 5.94. The molecule has 0 saturated carbocycles. The van der Waals surface area contributed by atoms with E-state index < -0.39 is 0 Å². The van der Waals surface area contributed by atoms with Gasteiger partial charge in [-0.15, -0.1) is 0 Å². The Hall–Kier alpha value is -2.32. The standard InChI is InChI=1S/C18H14ClNO/c1-13-11-12-20(18(21)15-5-3-2-4-6-15)17(13)14-7-9-16(19)10-8-14/h2-12H,1H3. The van der Waals surface area contributed by atoms with E-state index in [4.69, 9.17) is 11.6 Å². The Morgan fingerprint density at radius 2 is 1.62 bits per heavy atom. The number of aromatic nitrogens is 1. The van der Waals surface area contributed by atoms with Gasteiger partial charge in [-0.2, -0.15) is 0 Å². The second-order valence-electron chi connectivity index (χ2n) is 4.90. The summed E-state index contributed by atoms with van der Waals surface area (Å²) in [7, 11) is 0. The normalized spacial score (nSPS) is 10.6. The van der Waals surface area contributed by atoms with Crippen molar-refractivity contribution in [3.05, 3.63) is 83.0 Å². The molecule has 3 heteroatoms. The summed E-state index contributed by atoms with van der Waals surface area (Å²) in [6.45, 7) is 2.00. The van der Waals surface area contributed by atoms with Crippen LogP contribution in [0.15, 0.2) is 66.9 Å². The molecule has 0 amide bonds. The molecule has 0 radical (unpaired) electrons. The highest BCUT2D eigenvalue weighted by Crippen LogP contribution is 2.26. The first-order valence-corrected chi connectivity index (χ1v) is 7.08. The number of nitrogens with zero attached hydrogens (tertiary/aromatic N) is 1. The Labute approximate surface area is 128 Å². The number of aryl methyl sites for hydroxylation is 1. The number of rotatable bonds is 2. The van der Waals surface area contributed by atoms with E-state index in [9.17, 15) is 4.79 Å². The first-order valence-electron chi connectivity index (χ1n) is 6.70. The van der Waals surface area contributed by atoms with Crippen LogP contribution in [0.1, 0.15) is 15.9 Å². The van der Waals surface area contributed by atoms with Crippen LogP contribution >= 0.6 is 11.6 Å². The molecular formula is C18H14ClNO. The molecule has 0 aliphatic rings. The third-order valence-electron chi connectivity index (χ3n) is 3.45. The van der Waals surface area contributed by atoms with Gasteiger partial charge in [0.15, 0.2) is 0 Å². The lowest BCUT2D eigenvalue weighted by atomic mass is 10.1. The molecule has 104 valence electrons. The van der Waals surface area contributed by atoms with Crippen LogP contribution in [-0.2, 0) is 0 Å². The van der Waals surface area contributed by atoms with Gasteiger partial charge in [-0.1, -0.05) is 41.9 Å². The summed E-state index contributed by atoms with van der Waals surface area (Å²) in [5.41, 5.74) is 3.61. The Kier molecular flexibility index (Phi) is 3.63. The lowest BCUT2D eigenvalue weighted by Gasteiger charge is -2.10. The fourth-order valence-electron chi connectivity index (χ4n) is 2.39. The number of hydrogen-bond acceptors (Lipinski definition) is 1. The number of halogens is 1. The van der Waals surface area contributed by atoms with Crippen LogP contribution in [0.2, 0.25) is 5.02 Å². The van der Waals surface area contributed by atoms with Crippen molar-refractivity contribution in [2.45, 2.75) is 6.92 Å². The van der Waals surface area contributed by atoms with Gasteiger partial charge in [0.2, 0.25) is 0 Å². The maximum absolute atomic E-state index is 12.7. The summed E-state index contributed by atoms with van der Waals surface area (Å²) < 4.78 is 1.69. The SMILES string of the molecule is Cc1ccn(C(=O)c2ccccc2)c1-c1ccc(Cl)cc1. The minimum Gasteiger partial charge on any atom is -0.283 e. The van der Waals surface area contributed by atoms with Crippen molar-refractivity contribution < 1.29 is 4.79 Å². The summed E-state index contributed by atoms with van der Waals surface area (Å²) in [5, 5.41) is 0.684. The molecule has 2 nitrogen and oxygen atoms in total. The van der Waals surface area contributed by atoms with E-state index in [-0.39, 0.29) is 5.91 Å². The molecule has 0 aliphatic carbocycles. The smallest absolute Gasteiger partial charge is 0.262 e. The molecule has 0 unspecified atom stereocenters. The van der Waals surface area contributed by atoms with Crippen molar-refractivity contribution in [1.82, 2.24) is 4.57 Å². The zero-order chi connectivity index (χ0) is 14.8. The molecule has 2 aromatic carbocycles. The van der Waals surface area contributed by atoms with E-state index in [2.05, 4.69) is 0 Å². The predicted octanol–water partition coefficient (Wildman–Crippen LogP) is 4.81. The van der Waals surface area contributed by atoms with E-state index >= 15 is 0 Å². The summed E-state index contributed by atoms with van der Waals surface area (Å²) in [4.78, 5) is 12.7. The van der Waals surface area contributed by atoms with Gasteiger partial charge < -0.3 is 0 Å². The largest absolute Gasteiger partial charge is 0.283 e. The molecular weight excluding hydrogens is 282 g/mol. The number of benzene rings is 2. The average Bonchev–Trinajstić information content (AvgIpc) is 2.90. The van der Waals surface area contributed by atoms with Gasteiger partial charge in [-0.25, -0.2) is 0 Å². The van der Waals surface area contributed by atoms with Crippen molar-refractivity contribution in [3.8, 4) is 11.3 Å². The van der Waals surface area contributed by atoms with Crippen LogP contribution in [0, 0.1) is 6.92 Å². The molecule has 3 rings (SSSR count). The monoisotopic (exact) mass is 295 g/mol. The lowest BCUT2D eigenvalue weighted by molar-refractivity contribution is 0.0962. The lowest BCUT2D eigenvalue weighted by Crippen LogP contribution is -2.12. The zero-order valence-electron chi connectivity index (χ0n) is 11.6. The van der Waals surface area contributed by atoms with Gasteiger partial charge in [0.1, 0.15) is 0 Å². The van der Waals surface area contributed by atoms with Crippen LogP contribution in [0.5, 0.6) is 0 Å². The quantitative estimate of drug-likeness (QED) is 0.665. The van der Waals surface area contributed by atoms with Crippen molar-refractivity contribution in [3.63, 3.8) is 0 Å². The van der Waals surface area contributed by atoms with Crippen molar-refractivity contribution in [2.75, 3.05) is 0 Å². The highest BCUT2D eigenvalue weighted by Gasteiger charge is 2.15. The minimum absolute atomic E-state index is 0.0337. The molecule has 0 saturated heterocycles. The number of carbonyl (C=O) groups excluding carboxylic acids is 1. The Morgan fingerprint density at radius 1 is 0.952 bits per heavy atom. The summed E-state index contributed by atoms with van der Waals surface area (Å²) in [6.07, 6.45) is 1.81. The highest BCUT2D eigenvalue weighted by atomic mass is 35.5. The minimum atomic E-state index is -0.0337. The van der Waals surface area contributed by atoms with Gasteiger partial charge >= 0.3 is 0 Å². The average molecular weight is 296 g/mol. The van der Waals surface area contributed by atoms with Crippen LogP contribution in [0.4, 0.5) is 0 Å². The van der Waals surface area contributed by atoms with Gasteiger partial charge in [0.05, 0.1) is 5.69 Å². The van der Waals surface area contributed by atoms with Crippen LogP contribution in [-0.4, -0.2) is 10.5 Å². The summed E-state index contributed by atoms with van der Waals surface area (Å²) in [6, 6.07) is 18.8. The molecule has 0 spiro atoms. The molecule has 0 bridgehead atoms. The third-order valence-corrected chi connectivity index (χ3v) is 3.70. The molecule has 0 atom stereocenters. The molecule has 0 N–H and O–H groups in total. The second kappa shape index (κ2) is 5.58. The van der Waals surface area contributed by atoms with Gasteiger partial charge in [-0.05, 0) is 48.4 Å². The van der Waals surface area contributed by atoms with Gasteiger partial charge in [0, 0.05) is 16.8 Å². The highest BCUT2D eigenvalue weighted by molar-refractivity contribution is 6.30. The number of hydrogen-bond donors (Lipinski definition) is 0. The maximum atomic E-state index is 12.7. The van der Waals surface area contributed by atoms with E-state index in [1.54, 1.807) is 4.57 Å². The van der Waals surface area contributed by atoms with Crippen LogP contribution in [0.25, 0.3) is 11.3 Å². The van der Waals surface area contributed by atoms with Crippen molar-refractivity contribution in [1.29, 1.82) is 0 Å². The molecule has 0 fully saturated rings. The van der Waals surface area contributed by atoms with Crippen molar-refractivity contribution in [2.24, 2.45) is 0 Å². The fraction of sp³-hybridized carbons (Fsp3) is 0.0556. The van der Waals surface area contributed by atoms with E-state index in [1.165, 1.54) is 0 Å². The molecule has 1 heterocycles. The van der Waals surface area contributed by atoms with Crippen molar-refractivity contribution >= 4 is 17.5 Å². The molecule has 21 heavy (non-hydrogen) atoms. The van der Waals surface area contributed by atoms with E-state index in [1.807, 2.05) is 73.8 Å². The summed E-state index contributed by atoms with van der Waals surface area (Å²) in [5.74, 6) is -0.0337. The first-order chi connectivity index (χ1) is 10.2. The maximum Gasteiger partial charge on any atom is 0.262 e. The second-order valence-corrected chi connectivity index (χ2v) is 5.33. The van der Waals surface area contributed by atoms with Gasteiger partial charge in [0.25, 0.3) is 5.91 Å². The van der Waals surface area contributed by atoms with E-state index in [0.29, 0.717) is 10.6 Å². The third kappa shape index (κ3) is 2.63. The molecule has 0 aliphatic heterocycles.